The quantitative estimate of drug-likeness (QED) is 0.753. The summed E-state index contributed by atoms with van der Waals surface area (Å²) in [7, 11) is 0. The van der Waals surface area contributed by atoms with E-state index in [-0.39, 0.29) is 5.41 Å². The molecule has 2 aromatic rings. The molecule has 1 aromatic heterocycles. The number of aromatic nitrogens is 1. The van der Waals surface area contributed by atoms with Gasteiger partial charge in [-0.25, -0.2) is 0 Å². The lowest BCUT2D eigenvalue weighted by molar-refractivity contribution is 0.345. The Hall–Kier alpha value is -1.31. The Bertz CT molecular complexity index is 546. The summed E-state index contributed by atoms with van der Waals surface area (Å²) in [6, 6.07) is 6.45. The number of nitrogens with zero attached hydrogens (tertiary/aromatic N) is 1. The van der Waals surface area contributed by atoms with Crippen molar-refractivity contribution >= 4 is 10.9 Å². The maximum atomic E-state index is 5.56. The summed E-state index contributed by atoms with van der Waals surface area (Å²) in [5, 5.41) is 5.34. The van der Waals surface area contributed by atoms with E-state index in [0.717, 1.165) is 11.3 Å². The Morgan fingerprint density at radius 2 is 1.78 bits per heavy atom. The Kier molecular flexibility index (Phi) is 3.22. The van der Waals surface area contributed by atoms with Crippen LogP contribution in [0.15, 0.2) is 22.7 Å². The van der Waals surface area contributed by atoms with Gasteiger partial charge in [0.2, 0.25) is 0 Å². The summed E-state index contributed by atoms with van der Waals surface area (Å²) < 4.78 is 5.56. The molecule has 18 heavy (non-hydrogen) atoms. The second-order valence-electron chi connectivity index (χ2n) is 6.56. The molecule has 2 heteroatoms. The lowest BCUT2D eigenvalue weighted by atomic mass is 9.85. The van der Waals surface area contributed by atoms with Crippen molar-refractivity contribution in [2.45, 2.75) is 52.9 Å². The van der Waals surface area contributed by atoms with Crippen LogP contribution in [-0.2, 0) is 5.41 Å². The van der Waals surface area contributed by atoms with E-state index < -0.39 is 0 Å². The largest absolute Gasteiger partial charge is 0.360 e. The SMILES string of the molecule is CC(C)C(C)c1onc2ccc(C(C)(C)C)cc12. The Morgan fingerprint density at radius 1 is 1.11 bits per heavy atom. The van der Waals surface area contributed by atoms with Crippen molar-refractivity contribution in [3.8, 4) is 0 Å². The molecule has 2 rings (SSSR count). The third-order valence-corrected chi connectivity index (χ3v) is 3.78. The van der Waals surface area contributed by atoms with Gasteiger partial charge in [-0.15, -0.1) is 0 Å². The highest BCUT2D eigenvalue weighted by Gasteiger charge is 2.21. The Balaban J connectivity index is 2.57. The number of hydrogen-bond acceptors (Lipinski definition) is 2. The first kappa shape index (κ1) is 13.1. The smallest absolute Gasteiger partial charge is 0.147 e. The predicted octanol–water partition coefficient (Wildman–Crippen LogP) is 4.88. The van der Waals surface area contributed by atoms with E-state index in [1.54, 1.807) is 0 Å². The van der Waals surface area contributed by atoms with Crippen LogP contribution in [0.25, 0.3) is 10.9 Å². The first-order chi connectivity index (χ1) is 8.30. The van der Waals surface area contributed by atoms with Crippen LogP contribution in [0.4, 0.5) is 0 Å². The Labute approximate surface area is 109 Å². The molecule has 0 aliphatic heterocycles. The highest BCUT2D eigenvalue weighted by molar-refractivity contribution is 5.82. The molecule has 0 aliphatic rings. The van der Waals surface area contributed by atoms with Gasteiger partial charge in [-0.3, -0.25) is 0 Å². The average Bonchev–Trinajstić information content (AvgIpc) is 2.69. The molecule has 98 valence electrons. The van der Waals surface area contributed by atoms with Gasteiger partial charge >= 0.3 is 0 Å². The fourth-order valence-electron chi connectivity index (χ4n) is 2.06. The zero-order valence-corrected chi connectivity index (χ0v) is 12.2. The maximum Gasteiger partial charge on any atom is 0.147 e. The topological polar surface area (TPSA) is 26.0 Å². The summed E-state index contributed by atoms with van der Waals surface area (Å²) >= 11 is 0. The Morgan fingerprint density at radius 3 is 2.33 bits per heavy atom. The highest BCUT2D eigenvalue weighted by Crippen LogP contribution is 2.33. The normalized spacial score (nSPS) is 14.4. The van der Waals surface area contributed by atoms with Crippen LogP contribution in [-0.4, -0.2) is 5.16 Å². The molecule has 1 atom stereocenters. The zero-order chi connectivity index (χ0) is 13.5. The van der Waals surface area contributed by atoms with Gasteiger partial charge in [-0.2, -0.15) is 0 Å². The molecule has 1 heterocycles. The minimum atomic E-state index is 0.157. The van der Waals surface area contributed by atoms with Crippen molar-refractivity contribution in [1.29, 1.82) is 0 Å². The molecule has 0 radical (unpaired) electrons. The number of hydrogen-bond donors (Lipinski definition) is 0. The second-order valence-corrected chi connectivity index (χ2v) is 6.56. The molecule has 0 fully saturated rings. The molecule has 0 spiro atoms. The van der Waals surface area contributed by atoms with Crippen molar-refractivity contribution in [1.82, 2.24) is 5.16 Å². The average molecular weight is 245 g/mol. The summed E-state index contributed by atoms with van der Waals surface area (Å²) in [6.45, 7) is 13.3. The monoisotopic (exact) mass is 245 g/mol. The predicted molar refractivity (Wildman–Crippen MR) is 76.0 cm³/mol. The van der Waals surface area contributed by atoms with E-state index in [2.05, 4.69) is 64.9 Å². The molecule has 2 nitrogen and oxygen atoms in total. The van der Waals surface area contributed by atoms with E-state index in [1.165, 1.54) is 10.9 Å². The van der Waals surface area contributed by atoms with Crippen molar-refractivity contribution in [2.24, 2.45) is 5.92 Å². The van der Waals surface area contributed by atoms with Gasteiger partial charge in [0, 0.05) is 11.3 Å². The molecule has 1 unspecified atom stereocenters. The van der Waals surface area contributed by atoms with Gasteiger partial charge in [0.1, 0.15) is 11.3 Å². The summed E-state index contributed by atoms with van der Waals surface area (Å²) in [4.78, 5) is 0. The molecular weight excluding hydrogens is 222 g/mol. The number of benzene rings is 1. The van der Waals surface area contributed by atoms with Crippen LogP contribution in [0.2, 0.25) is 0 Å². The summed E-state index contributed by atoms with van der Waals surface area (Å²) in [5.74, 6) is 1.97. The second kappa shape index (κ2) is 4.42. The number of fused-ring (bicyclic) bond motifs is 1. The molecule has 0 aliphatic carbocycles. The molecule has 0 saturated carbocycles. The van der Waals surface area contributed by atoms with Gasteiger partial charge in [0.15, 0.2) is 0 Å². The van der Waals surface area contributed by atoms with E-state index >= 15 is 0 Å². The summed E-state index contributed by atoms with van der Waals surface area (Å²) in [5.41, 5.74) is 2.45. The fraction of sp³-hybridized carbons (Fsp3) is 0.562. The maximum absolute atomic E-state index is 5.56. The molecule has 0 N–H and O–H groups in total. The zero-order valence-electron chi connectivity index (χ0n) is 12.2. The minimum absolute atomic E-state index is 0.157. The van der Waals surface area contributed by atoms with E-state index in [9.17, 15) is 0 Å². The first-order valence-electron chi connectivity index (χ1n) is 6.70. The van der Waals surface area contributed by atoms with Crippen molar-refractivity contribution in [2.75, 3.05) is 0 Å². The third kappa shape index (κ3) is 2.29. The van der Waals surface area contributed by atoms with Gasteiger partial charge in [0.05, 0.1) is 0 Å². The van der Waals surface area contributed by atoms with Crippen molar-refractivity contribution in [3.63, 3.8) is 0 Å². The standard InChI is InChI=1S/C16H23NO/c1-10(2)11(3)15-13-9-12(16(4,5)6)7-8-14(13)17-18-15/h7-11H,1-6H3. The van der Waals surface area contributed by atoms with Crippen molar-refractivity contribution in [3.05, 3.63) is 29.5 Å². The van der Waals surface area contributed by atoms with Gasteiger partial charge < -0.3 is 4.52 Å². The minimum Gasteiger partial charge on any atom is -0.360 e. The molecule has 0 saturated heterocycles. The van der Waals surface area contributed by atoms with Crippen LogP contribution in [0.1, 0.15) is 58.8 Å². The lowest BCUT2D eigenvalue weighted by Gasteiger charge is -2.19. The van der Waals surface area contributed by atoms with Gasteiger partial charge in [-0.1, -0.05) is 52.8 Å². The molecular formula is C16H23NO. The molecule has 0 bridgehead atoms. The highest BCUT2D eigenvalue weighted by atomic mass is 16.5. The lowest BCUT2D eigenvalue weighted by Crippen LogP contribution is -2.10. The fourth-order valence-corrected chi connectivity index (χ4v) is 2.06. The van der Waals surface area contributed by atoms with E-state index in [4.69, 9.17) is 4.52 Å². The van der Waals surface area contributed by atoms with Crippen LogP contribution < -0.4 is 0 Å². The van der Waals surface area contributed by atoms with Crippen molar-refractivity contribution < 1.29 is 4.52 Å². The van der Waals surface area contributed by atoms with Crippen LogP contribution >= 0.6 is 0 Å². The van der Waals surface area contributed by atoms with Gasteiger partial charge in [-0.05, 0) is 29.0 Å². The van der Waals surface area contributed by atoms with E-state index in [1.807, 2.05) is 0 Å². The van der Waals surface area contributed by atoms with E-state index in [0.29, 0.717) is 11.8 Å². The molecule has 1 aromatic carbocycles. The summed E-state index contributed by atoms with van der Waals surface area (Å²) in [6.07, 6.45) is 0. The van der Waals surface area contributed by atoms with Crippen LogP contribution in [0.3, 0.4) is 0 Å². The van der Waals surface area contributed by atoms with Crippen LogP contribution in [0, 0.1) is 5.92 Å². The van der Waals surface area contributed by atoms with Crippen LogP contribution in [0.5, 0.6) is 0 Å². The number of rotatable bonds is 2. The third-order valence-electron chi connectivity index (χ3n) is 3.78. The molecule has 0 amide bonds. The first-order valence-corrected chi connectivity index (χ1v) is 6.70. The van der Waals surface area contributed by atoms with Gasteiger partial charge in [0.25, 0.3) is 0 Å².